The van der Waals surface area contributed by atoms with E-state index in [9.17, 15) is 0 Å². The fourth-order valence-corrected chi connectivity index (χ4v) is 0.841. The van der Waals surface area contributed by atoms with Crippen LogP contribution in [0.4, 0.5) is 5.69 Å². The number of hydrogen-bond acceptors (Lipinski definition) is 2. The SMILES string of the molecule is C#Cc1ccccc1N=C=S. The molecule has 0 aliphatic heterocycles. The van der Waals surface area contributed by atoms with Gasteiger partial charge in [-0.25, -0.2) is 0 Å². The number of terminal acetylenes is 1. The third-order valence-corrected chi connectivity index (χ3v) is 1.32. The second kappa shape index (κ2) is 3.68. The molecule has 0 amide bonds. The topological polar surface area (TPSA) is 12.4 Å². The molecule has 0 unspecified atom stereocenters. The van der Waals surface area contributed by atoms with E-state index in [0.29, 0.717) is 5.69 Å². The van der Waals surface area contributed by atoms with Crippen LogP contribution in [-0.2, 0) is 0 Å². The maximum Gasteiger partial charge on any atom is 0.0895 e. The Kier molecular flexibility index (Phi) is 2.57. The van der Waals surface area contributed by atoms with Crippen molar-refractivity contribution in [3.63, 3.8) is 0 Å². The quantitative estimate of drug-likeness (QED) is 0.348. The predicted molar refractivity (Wildman–Crippen MR) is 49.1 cm³/mol. The molecule has 52 valence electrons. The summed E-state index contributed by atoms with van der Waals surface area (Å²) in [4.78, 5) is 3.80. The van der Waals surface area contributed by atoms with Gasteiger partial charge in [-0.3, -0.25) is 0 Å². The summed E-state index contributed by atoms with van der Waals surface area (Å²) in [6, 6.07) is 7.32. The van der Waals surface area contributed by atoms with E-state index in [0.717, 1.165) is 5.56 Å². The lowest BCUT2D eigenvalue weighted by Gasteiger charge is -1.92. The molecule has 0 spiro atoms. The summed E-state index contributed by atoms with van der Waals surface area (Å²) >= 11 is 4.46. The molecule has 0 aromatic heterocycles. The number of benzene rings is 1. The fourth-order valence-electron chi connectivity index (χ4n) is 0.742. The van der Waals surface area contributed by atoms with E-state index >= 15 is 0 Å². The molecule has 0 aliphatic rings. The Morgan fingerprint density at radius 3 is 2.73 bits per heavy atom. The van der Waals surface area contributed by atoms with Crippen LogP contribution < -0.4 is 0 Å². The smallest absolute Gasteiger partial charge is 0.0895 e. The van der Waals surface area contributed by atoms with Gasteiger partial charge in [0.25, 0.3) is 0 Å². The molecular formula is C9H5NS. The van der Waals surface area contributed by atoms with Gasteiger partial charge < -0.3 is 0 Å². The fraction of sp³-hybridized carbons (Fsp3) is 0. The summed E-state index contributed by atoms with van der Waals surface area (Å²) in [5.74, 6) is 2.50. The van der Waals surface area contributed by atoms with Gasteiger partial charge in [-0.15, -0.1) is 6.42 Å². The van der Waals surface area contributed by atoms with Gasteiger partial charge >= 0.3 is 0 Å². The van der Waals surface area contributed by atoms with Gasteiger partial charge in [-0.2, -0.15) is 4.99 Å². The first-order valence-corrected chi connectivity index (χ1v) is 3.43. The van der Waals surface area contributed by atoms with Crippen molar-refractivity contribution >= 4 is 23.1 Å². The molecule has 0 N–H and O–H groups in total. The zero-order valence-corrected chi connectivity index (χ0v) is 6.56. The predicted octanol–water partition coefficient (Wildman–Crippen LogP) is 2.40. The molecular weight excluding hydrogens is 154 g/mol. The van der Waals surface area contributed by atoms with Crippen LogP contribution in [0.25, 0.3) is 0 Å². The summed E-state index contributed by atoms with van der Waals surface area (Å²) < 4.78 is 0. The number of isothiocyanates is 1. The van der Waals surface area contributed by atoms with Crippen LogP contribution in [-0.4, -0.2) is 5.16 Å². The minimum atomic E-state index is 0.699. The third-order valence-electron chi connectivity index (χ3n) is 1.23. The van der Waals surface area contributed by atoms with Crippen molar-refractivity contribution in [1.82, 2.24) is 0 Å². The Hall–Kier alpha value is -1.42. The van der Waals surface area contributed by atoms with E-state index in [4.69, 9.17) is 6.42 Å². The van der Waals surface area contributed by atoms with Gasteiger partial charge in [0.15, 0.2) is 0 Å². The van der Waals surface area contributed by atoms with Gasteiger partial charge in [0.05, 0.1) is 16.4 Å². The Morgan fingerprint density at radius 2 is 2.09 bits per heavy atom. The summed E-state index contributed by atoms with van der Waals surface area (Å²) in [5, 5.41) is 2.27. The van der Waals surface area contributed by atoms with E-state index < -0.39 is 0 Å². The second-order valence-electron chi connectivity index (χ2n) is 1.86. The maximum atomic E-state index is 5.21. The largest absolute Gasteiger partial charge is 0.193 e. The number of aliphatic imine (C=N–C) groups is 1. The summed E-state index contributed by atoms with van der Waals surface area (Å²) in [6.07, 6.45) is 5.21. The molecule has 0 bridgehead atoms. The number of hydrogen-bond donors (Lipinski definition) is 0. The molecule has 1 nitrogen and oxygen atoms in total. The van der Waals surface area contributed by atoms with Crippen LogP contribution in [0, 0.1) is 12.3 Å². The highest BCUT2D eigenvalue weighted by atomic mass is 32.1. The highest BCUT2D eigenvalue weighted by molar-refractivity contribution is 7.78. The van der Waals surface area contributed by atoms with Crippen molar-refractivity contribution in [2.45, 2.75) is 0 Å². The lowest BCUT2D eigenvalue weighted by atomic mass is 10.2. The number of nitrogens with zero attached hydrogens (tertiary/aromatic N) is 1. The average molecular weight is 159 g/mol. The van der Waals surface area contributed by atoms with Gasteiger partial charge in [0.1, 0.15) is 0 Å². The summed E-state index contributed by atoms with van der Waals surface area (Å²) in [6.45, 7) is 0. The van der Waals surface area contributed by atoms with Crippen molar-refractivity contribution in [3.05, 3.63) is 29.8 Å². The normalized spacial score (nSPS) is 7.91. The van der Waals surface area contributed by atoms with Crippen molar-refractivity contribution < 1.29 is 0 Å². The van der Waals surface area contributed by atoms with Crippen LogP contribution in [0.1, 0.15) is 5.56 Å². The standard InChI is InChI=1S/C9H5NS/c1-2-8-5-3-4-6-9(8)10-7-11/h1,3-6H. The van der Waals surface area contributed by atoms with Crippen LogP contribution in [0.5, 0.6) is 0 Å². The molecule has 0 atom stereocenters. The first kappa shape index (κ1) is 7.68. The lowest BCUT2D eigenvalue weighted by Crippen LogP contribution is -1.72. The number of thiocarbonyl (C=S) groups is 1. The third kappa shape index (κ3) is 1.75. The average Bonchev–Trinajstić information content (AvgIpc) is 2.06. The molecule has 0 radical (unpaired) electrons. The zero-order valence-electron chi connectivity index (χ0n) is 5.74. The molecule has 0 fully saturated rings. The molecule has 0 heterocycles. The highest BCUT2D eigenvalue weighted by Crippen LogP contribution is 2.15. The molecule has 0 aliphatic carbocycles. The van der Waals surface area contributed by atoms with Crippen molar-refractivity contribution in [1.29, 1.82) is 0 Å². The minimum Gasteiger partial charge on any atom is -0.193 e. The summed E-state index contributed by atoms with van der Waals surface area (Å²) in [7, 11) is 0. The molecule has 2 heteroatoms. The van der Waals surface area contributed by atoms with E-state index in [1.807, 2.05) is 18.2 Å². The van der Waals surface area contributed by atoms with E-state index in [1.54, 1.807) is 6.07 Å². The highest BCUT2D eigenvalue weighted by Gasteiger charge is 1.92. The van der Waals surface area contributed by atoms with Crippen molar-refractivity contribution in [3.8, 4) is 12.3 Å². The molecule has 1 aromatic rings. The van der Waals surface area contributed by atoms with E-state index in [1.165, 1.54) is 0 Å². The molecule has 1 rings (SSSR count). The number of rotatable bonds is 1. The van der Waals surface area contributed by atoms with Crippen molar-refractivity contribution in [2.24, 2.45) is 4.99 Å². The van der Waals surface area contributed by atoms with Crippen LogP contribution in [0.2, 0.25) is 0 Å². The first-order chi connectivity index (χ1) is 5.38. The van der Waals surface area contributed by atoms with Crippen molar-refractivity contribution in [2.75, 3.05) is 0 Å². The maximum absolute atomic E-state index is 5.21. The molecule has 1 aromatic carbocycles. The van der Waals surface area contributed by atoms with Crippen LogP contribution in [0.3, 0.4) is 0 Å². The number of para-hydroxylation sites is 1. The zero-order chi connectivity index (χ0) is 8.10. The second-order valence-corrected chi connectivity index (χ2v) is 2.05. The van der Waals surface area contributed by atoms with E-state index in [-0.39, 0.29) is 0 Å². The van der Waals surface area contributed by atoms with Gasteiger partial charge in [-0.1, -0.05) is 18.1 Å². The molecule has 0 saturated heterocycles. The Labute approximate surface area is 70.8 Å². The lowest BCUT2D eigenvalue weighted by molar-refractivity contribution is 1.52. The van der Waals surface area contributed by atoms with Gasteiger partial charge in [-0.05, 0) is 24.4 Å². The molecule has 0 saturated carbocycles. The minimum absolute atomic E-state index is 0.699. The van der Waals surface area contributed by atoms with Crippen LogP contribution >= 0.6 is 12.2 Å². The monoisotopic (exact) mass is 159 g/mol. The Bertz CT molecular complexity index is 343. The Balaban J connectivity index is 3.25. The first-order valence-electron chi connectivity index (χ1n) is 3.02. The van der Waals surface area contributed by atoms with Crippen LogP contribution in [0.15, 0.2) is 29.3 Å². The van der Waals surface area contributed by atoms with Gasteiger partial charge in [0, 0.05) is 0 Å². The Morgan fingerprint density at radius 1 is 1.36 bits per heavy atom. The van der Waals surface area contributed by atoms with E-state index in [2.05, 4.69) is 28.3 Å². The van der Waals surface area contributed by atoms with Gasteiger partial charge in [0.2, 0.25) is 0 Å². The molecule has 11 heavy (non-hydrogen) atoms. The summed E-state index contributed by atoms with van der Waals surface area (Å²) in [5.41, 5.74) is 1.44.